The van der Waals surface area contributed by atoms with Gasteiger partial charge in [0.1, 0.15) is 5.82 Å². The molecule has 0 aromatic heterocycles. The number of hydrogen-bond donors (Lipinski definition) is 0. The van der Waals surface area contributed by atoms with E-state index in [-0.39, 0.29) is 27.8 Å². The number of hydrogen-bond acceptors (Lipinski definition) is 4. The van der Waals surface area contributed by atoms with Crippen molar-refractivity contribution in [3.05, 3.63) is 42.7 Å². The van der Waals surface area contributed by atoms with Crippen LogP contribution in [-0.2, 0) is 14.8 Å². The molecule has 1 aliphatic heterocycles. The number of carbonyl (C=O) groups excluding carboxylic acids is 1. The fourth-order valence-electron chi connectivity index (χ4n) is 1.90. The highest BCUT2D eigenvalue weighted by atomic mass is 32.2. The molecule has 118 valence electrons. The van der Waals surface area contributed by atoms with Crippen LogP contribution in [0.25, 0.3) is 0 Å². The molecule has 1 atom stereocenters. The normalized spacial score (nSPS) is 20.6. The van der Waals surface area contributed by atoms with Crippen LogP contribution in [0.15, 0.2) is 46.2 Å². The summed E-state index contributed by atoms with van der Waals surface area (Å²) in [6.45, 7) is 5.60. The Balaban J connectivity index is 2.39. The van der Waals surface area contributed by atoms with E-state index in [1.165, 1.54) is 11.0 Å². The van der Waals surface area contributed by atoms with Crippen LogP contribution in [-0.4, -0.2) is 36.2 Å². The molecule has 0 bridgehead atoms. The second kappa shape index (κ2) is 6.62. The zero-order chi connectivity index (χ0) is 16.3. The predicted molar refractivity (Wildman–Crippen MR) is 84.6 cm³/mol. The van der Waals surface area contributed by atoms with Crippen molar-refractivity contribution >= 4 is 32.9 Å². The van der Waals surface area contributed by atoms with Gasteiger partial charge in [0.25, 0.3) is 10.0 Å². The van der Waals surface area contributed by atoms with Gasteiger partial charge in [-0.15, -0.1) is 11.0 Å². The number of nitrogens with zero attached hydrogens (tertiary/aromatic N) is 2. The molecule has 8 heteroatoms. The van der Waals surface area contributed by atoms with Crippen LogP contribution in [0.2, 0.25) is 0 Å². The van der Waals surface area contributed by atoms with Crippen molar-refractivity contribution in [1.82, 2.24) is 4.90 Å². The van der Waals surface area contributed by atoms with Crippen LogP contribution < -0.4 is 0 Å². The molecule has 1 fully saturated rings. The second-order valence-corrected chi connectivity index (χ2v) is 7.33. The minimum Gasteiger partial charge on any atom is -0.286 e. The first-order chi connectivity index (χ1) is 10.4. The quantitative estimate of drug-likeness (QED) is 0.771. The van der Waals surface area contributed by atoms with Crippen molar-refractivity contribution in [2.24, 2.45) is 4.40 Å². The number of benzene rings is 1. The molecule has 5 nitrogen and oxygen atoms in total. The van der Waals surface area contributed by atoms with Gasteiger partial charge in [0, 0.05) is 6.54 Å². The summed E-state index contributed by atoms with van der Waals surface area (Å²) in [7, 11) is -3.99. The van der Waals surface area contributed by atoms with Crippen LogP contribution in [0.4, 0.5) is 4.39 Å². The average molecular weight is 342 g/mol. The lowest BCUT2D eigenvalue weighted by molar-refractivity contribution is -0.125. The van der Waals surface area contributed by atoms with E-state index in [0.717, 1.165) is 36.0 Å². The van der Waals surface area contributed by atoms with Gasteiger partial charge in [-0.05, 0) is 30.7 Å². The van der Waals surface area contributed by atoms with Crippen LogP contribution in [0.1, 0.15) is 13.3 Å². The van der Waals surface area contributed by atoms with Gasteiger partial charge >= 0.3 is 0 Å². The van der Waals surface area contributed by atoms with Gasteiger partial charge in [-0.25, -0.2) is 4.39 Å². The Hall–Kier alpha value is -1.67. The maximum Gasteiger partial charge on any atom is 0.284 e. The molecule has 0 N–H and O–H groups in total. The lowest BCUT2D eigenvalue weighted by atomic mass is 10.3. The molecular weight excluding hydrogens is 327 g/mol. The van der Waals surface area contributed by atoms with E-state index in [1.54, 1.807) is 0 Å². The molecule has 0 spiro atoms. The van der Waals surface area contributed by atoms with Crippen molar-refractivity contribution < 1.29 is 17.6 Å². The van der Waals surface area contributed by atoms with Crippen LogP contribution in [0.3, 0.4) is 0 Å². The molecule has 0 saturated carbocycles. The Labute approximate surface area is 133 Å². The summed E-state index contributed by atoms with van der Waals surface area (Å²) in [5.41, 5.74) is 0. The average Bonchev–Trinajstić information content (AvgIpc) is 2.76. The summed E-state index contributed by atoms with van der Waals surface area (Å²) in [4.78, 5) is 13.3. The Kier molecular flexibility index (Phi) is 5.02. The number of rotatable bonds is 5. The topological polar surface area (TPSA) is 66.8 Å². The first-order valence-electron chi connectivity index (χ1n) is 6.58. The van der Waals surface area contributed by atoms with Gasteiger partial charge in [-0.1, -0.05) is 24.8 Å². The van der Waals surface area contributed by atoms with Crippen molar-refractivity contribution in [3.63, 3.8) is 0 Å². The van der Waals surface area contributed by atoms with Crippen molar-refractivity contribution in [2.75, 3.05) is 6.54 Å². The summed E-state index contributed by atoms with van der Waals surface area (Å²) >= 11 is 1.12. The summed E-state index contributed by atoms with van der Waals surface area (Å²) in [5.74, 6) is -0.711. The van der Waals surface area contributed by atoms with Crippen LogP contribution in [0, 0.1) is 5.82 Å². The van der Waals surface area contributed by atoms with Gasteiger partial charge in [0.2, 0.25) is 5.91 Å². The number of amides is 1. The molecule has 0 aliphatic carbocycles. The van der Waals surface area contributed by atoms with Gasteiger partial charge < -0.3 is 0 Å². The van der Waals surface area contributed by atoms with Crippen molar-refractivity contribution in [1.29, 1.82) is 0 Å². The number of amidine groups is 1. The second-order valence-electron chi connectivity index (χ2n) is 4.56. The highest BCUT2D eigenvalue weighted by Crippen LogP contribution is 2.30. The van der Waals surface area contributed by atoms with E-state index in [1.807, 2.05) is 6.92 Å². The van der Waals surface area contributed by atoms with E-state index in [2.05, 4.69) is 11.0 Å². The Morgan fingerprint density at radius 1 is 1.41 bits per heavy atom. The third kappa shape index (κ3) is 3.38. The summed E-state index contributed by atoms with van der Waals surface area (Å²) in [6, 6.07) is 4.39. The van der Waals surface area contributed by atoms with E-state index >= 15 is 0 Å². The summed E-state index contributed by atoms with van der Waals surface area (Å²) in [6.07, 6.45) is 2.09. The SMILES string of the molecule is C=CCN1C(=O)[C@@H](CC)SC1=NS(=O)(=O)c1ccc(F)cc1. The molecule has 1 amide bonds. The molecule has 0 radical (unpaired) electrons. The maximum atomic E-state index is 12.9. The first-order valence-corrected chi connectivity index (χ1v) is 8.90. The fourth-order valence-corrected chi connectivity index (χ4v) is 4.19. The number of thioether (sulfide) groups is 1. The number of sulfonamides is 1. The third-order valence-electron chi connectivity index (χ3n) is 3.01. The molecule has 1 heterocycles. The summed E-state index contributed by atoms with van der Waals surface area (Å²) < 4.78 is 41.2. The zero-order valence-corrected chi connectivity index (χ0v) is 13.5. The monoisotopic (exact) mass is 342 g/mol. The van der Waals surface area contributed by atoms with Gasteiger partial charge in [-0.3, -0.25) is 9.69 Å². The van der Waals surface area contributed by atoms with Gasteiger partial charge in [0.15, 0.2) is 5.17 Å². The van der Waals surface area contributed by atoms with E-state index in [4.69, 9.17) is 0 Å². The van der Waals surface area contributed by atoms with Crippen LogP contribution in [0.5, 0.6) is 0 Å². The minimum atomic E-state index is -3.99. The molecule has 22 heavy (non-hydrogen) atoms. The Morgan fingerprint density at radius 2 is 2.05 bits per heavy atom. The lowest BCUT2D eigenvalue weighted by Crippen LogP contribution is -2.32. The highest BCUT2D eigenvalue weighted by Gasteiger charge is 2.37. The molecular formula is C14H15FN2O3S2. The molecule has 1 aromatic rings. The molecule has 1 aliphatic rings. The zero-order valence-electron chi connectivity index (χ0n) is 11.9. The number of carbonyl (C=O) groups is 1. The lowest BCUT2D eigenvalue weighted by Gasteiger charge is -2.13. The molecule has 2 rings (SSSR count). The predicted octanol–water partition coefficient (Wildman–Crippen LogP) is 2.41. The Morgan fingerprint density at radius 3 is 2.59 bits per heavy atom. The molecule has 1 saturated heterocycles. The van der Waals surface area contributed by atoms with E-state index in [0.29, 0.717) is 6.42 Å². The smallest absolute Gasteiger partial charge is 0.284 e. The highest BCUT2D eigenvalue weighted by molar-refractivity contribution is 8.16. The van der Waals surface area contributed by atoms with Crippen LogP contribution >= 0.6 is 11.8 Å². The standard InChI is InChI=1S/C14H15FN2O3S2/c1-3-9-17-13(18)12(4-2)21-14(17)16-22(19,20)11-7-5-10(15)6-8-11/h3,5-8,12H,1,4,9H2,2H3/t12-/m1/s1. The molecule has 1 aromatic carbocycles. The van der Waals surface area contributed by atoms with Gasteiger partial charge in [0.05, 0.1) is 10.1 Å². The number of halogens is 1. The first kappa shape index (κ1) is 16.7. The van der Waals surface area contributed by atoms with E-state index < -0.39 is 15.8 Å². The van der Waals surface area contributed by atoms with Crippen molar-refractivity contribution in [2.45, 2.75) is 23.5 Å². The van der Waals surface area contributed by atoms with E-state index in [9.17, 15) is 17.6 Å². The minimum absolute atomic E-state index is 0.118. The summed E-state index contributed by atoms with van der Waals surface area (Å²) in [5, 5.41) is -0.219. The third-order valence-corrected chi connectivity index (χ3v) is 5.75. The Bertz CT molecular complexity index is 714. The largest absolute Gasteiger partial charge is 0.286 e. The van der Waals surface area contributed by atoms with Gasteiger partial charge in [-0.2, -0.15) is 8.42 Å². The fraction of sp³-hybridized carbons (Fsp3) is 0.286. The molecule has 0 unspecified atom stereocenters. The maximum absolute atomic E-state index is 12.9. The van der Waals surface area contributed by atoms with Crippen molar-refractivity contribution in [3.8, 4) is 0 Å².